The summed E-state index contributed by atoms with van der Waals surface area (Å²) < 4.78 is 1.77. The molecule has 0 saturated carbocycles. The van der Waals surface area contributed by atoms with Gasteiger partial charge in [-0.2, -0.15) is 0 Å². The van der Waals surface area contributed by atoms with Crippen LogP contribution in [0.1, 0.15) is 35.2 Å². The quantitative estimate of drug-likeness (QED) is 0.873. The van der Waals surface area contributed by atoms with Crippen molar-refractivity contribution < 1.29 is 9.90 Å². The number of hydrogen-bond acceptors (Lipinski definition) is 3. The van der Waals surface area contributed by atoms with Gasteiger partial charge in [0.15, 0.2) is 5.69 Å². The SMILES string of the molecule is O=C(O)c1nc(C2CCCN2)n2cccc(Cl)c12. The lowest BCUT2D eigenvalue weighted by molar-refractivity contribution is 0.0693. The molecule has 1 atom stereocenters. The third kappa shape index (κ3) is 1.67. The minimum Gasteiger partial charge on any atom is -0.476 e. The third-order valence-electron chi connectivity index (χ3n) is 3.22. The number of carboxylic acids is 1. The van der Waals surface area contributed by atoms with E-state index >= 15 is 0 Å². The molecule has 0 amide bonds. The molecule has 1 fully saturated rings. The Bertz CT molecular complexity index is 617. The van der Waals surface area contributed by atoms with Gasteiger partial charge in [-0.3, -0.25) is 0 Å². The van der Waals surface area contributed by atoms with Gasteiger partial charge in [0.25, 0.3) is 0 Å². The molecule has 1 saturated heterocycles. The summed E-state index contributed by atoms with van der Waals surface area (Å²) in [5.41, 5.74) is 0.486. The summed E-state index contributed by atoms with van der Waals surface area (Å²) in [6.45, 7) is 0.933. The zero-order chi connectivity index (χ0) is 12.7. The van der Waals surface area contributed by atoms with E-state index in [-0.39, 0.29) is 11.7 Å². The first-order valence-corrected chi connectivity index (χ1v) is 6.19. The molecule has 3 rings (SSSR count). The lowest BCUT2D eigenvalue weighted by Crippen LogP contribution is -2.15. The summed E-state index contributed by atoms with van der Waals surface area (Å²) >= 11 is 6.08. The number of nitrogens with zero attached hydrogens (tertiary/aromatic N) is 2. The van der Waals surface area contributed by atoms with Crippen molar-refractivity contribution in [3.8, 4) is 0 Å². The van der Waals surface area contributed by atoms with Crippen molar-refractivity contribution in [2.75, 3.05) is 6.54 Å². The lowest BCUT2D eigenvalue weighted by atomic mass is 10.2. The van der Waals surface area contributed by atoms with Gasteiger partial charge in [-0.25, -0.2) is 9.78 Å². The Hall–Kier alpha value is -1.59. The van der Waals surface area contributed by atoms with Gasteiger partial charge in [-0.05, 0) is 31.5 Å². The number of aromatic nitrogens is 2. The second-order valence-corrected chi connectivity index (χ2v) is 4.75. The first-order chi connectivity index (χ1) is 8.68. The first kappa shape index (κ1) is 11.5. The zero-order valence-corrected chi connectivity index (χ0v) is 10.3. The van der Waals surface area contributed by atoms with Crippen LogP contribution in [0.15, 0.2) is 18.3 Å². The molecule has 0 radical (unpaired) electrons. The topological polar surface area (TPSA) is 66.6 Å². The van der Waals surface area contributed by atoms with Crippen molar-refractivity contribution in [1.82, 2.24) is 14.7 Å². The largest absolute Gasteiger partial charge is 0.476 e. The summed E-state index contributed by atoms with van der Waals surface area (Å²) in [4.78, 5) is 15.5. The van der Waals surface area contributed by atoms with E-state index in [1.165, 1.54) is 0 Å². The van der Waals surface area contributed by atoms with E-state index in [4.69, 9.17) is 11.6 Å². The molecule has 0 aliphatic carbocycles. The molecule has 0 spiro atoms. The van der Waals surface area contributed by atoms with Crippen molar-refractivity contribution in [2.45, 2.75) is 18.9 Å². The fourth-order valence-corrected chi connectivity index (χ4v) is 2.67. The fourth-order valence-electron chi connectivity index (χ4n) is 2.42. The van der Waals surface area contributed by atoms with Gasteiger partial charge in [0.2, 0.25) is 0 Å². The Morgan fingerprint density at radius 1 is 1.61 bits per heavy atom. The highest BCUT2D eigenvalue weighted by Crippen LogP contribution is 2.28. The van der Waals surface area contributed by atoms with Crippen LogP contribution in [0.25, 0.3) is 5.52 Å². The Labute approximate surface area is 108 Å². The van der Waals surface area contributed by atoms with Crippen LogP contribution in [0, 0.1) is 0 Å². The van der Waals surface area contributed by atoms with E-state index in [1.54, 1.807) is 22.7 Å². The number of hydrogen-bond donors (Lipinski definition) is 2. The third-order valence-corrected chi connectivity index (χ3v) is 3.52. The summed E-state index contributed by atoms with van der Waals surface area (Å²) in [7, 11) is 0. The molecule has 0 bridgehead atoms. The highest BCUT2D eigenvalue weighted by Gasteiger charge is 2.25. The van der Waals surface area contributed by atoms with Gasteiger partial charge >= 0.3 is 5.97 Å². The molecule has 3 heterocycles. The molecule has 2 aromatic rings. The minimum absolute atomic E-state index is 0.0179. The number of nitrogens with one attached hydrogen (secondary N) is 1. The van der Waals surface area contributed by atoms with Gasteiger partial charge in [-0.1, -0.05) is 11.6 Å². The van der Waals surface area contributed by atoms with Gasteiger partial charge in [-0.15, -0.1) is 0 Å². The van der Waals surface area contributed by atoms with Gasteiger partial charge < -0.3 is 14.8 Å². The maximum atomic E-state index is 11.2. The molecule has 2 aromatic heterocycles. The van der Waals surface area contributed by atoms with E-state index in [1.807, 2.05) is 0 Å². The van der Waals surface area contributed by atoms with Crippen LogP contribution in [0.3, 0.4) is 0 Å². The van der Waals surface area contributed by atoms with Crippen LogP contribution < -0.4 is 5.32 Å². The number of fused-ring (bicyclic) bond motifs is 1. The standard InChI is InChI=1S/C12H12ClN3O2/c13-7-3-2-6-16-10(7)9(12(17)18)15-11(16)8-4-1-5-14-8/h2-3,6,8,14H,1,4-5H2,(H,17,18). The summed E-state index contributed by atoms with van der Waals surface area (Å²) in [6.07, 6.45) is 3.84. The van der Waals surface area contributed by atoms with Crippen LogP contribution in [0.4, 0.5) is 0 Å². The maximum absolute atomic E-state index is 11.2. The van der Waals surface area contributed by atoms with Crippen molar-refractivity contribution in [3.63, 3.8) is 0 Å². The van der Waals surface area contributed by atoms with E-state index in [0.717, 1.165) is 25.2 Å². The molecule has 5 nitrogen and oxygen atoms in total. The van der Waals surface area contributed by atoms with E-state index in [0.29, 0.717) is 10.5 Å². The van der Waals surface area contributed by atoms with Crippen molar-refractivity contribution in [2.24, 2.45) is 0 Å². The zero-order valence-electron chi connectivity index (χ0n) is 9.56. The Morgan fingerprint density at radius 3 is 3.11 bits per heavy atom. The number of rotatable bonds is 2. The molecular formula is C12H12ClN3O2. The maximum Gasteiger partial charge on any atom is 0.356 e. The van der Waals surface area contributed by atoms with Crippen LogP contribution >= 0.6 is 11.6 Å². The second kappa shape index (κ2) is 4.26. The van der Waals surface area contributed by atoms with Crippen LogP contribution in [-0.2, 0) is 0 Å². The predicted molar refractivity (Wildman–Crippen MR) is 67.1 cm³/mol. The van der Waals surface area contributed by atoms with Crippen molar-refractivity contribution >= 4 is 23.1 Å². The average molecular weight is 266 g/mol. The van der Waals surface area contributed by atoms with Gasteiger partial charge in [0.05, 0.1) is 16.6 Å². The Kier molecular flexibility index (Phi) is 2.72. The average Bonchev–Trinajstić information content (AvgIpc) is 2.95. The lowest BCUT2D eigenvalue weighted by Gasteiger charge is -2.08. The Balaban J connectivity index is 2.26. The summed E-state index contributed by atoms with van der Waals surface area (Å²) in [6, 6.07) is 3.57. The number of carboxylic acid groups (broad SMARTS) is 1. The normalized spacial score (nSPS) is 19.5. The molecule has 0 aromatic carbocycles. The van der Waals surface area contributed by atoms with Crippen molar-refractivity contribution in [3.05, 3.63) is 34.9 Å². The van der Waals surface area contributed by atoms with Crippen LogP contribution in [-0.4, -0.2) is 27.0 Å². The smallest absolute Gasteiger partial charge is 0.356 e. The van der Waals surface area contributed by atoms with E-state index < -0.39 is 5.97 Å². The number of aromatic carboxylic acids is 1. The molecular weight excluding hydrogens is 254 g/mol. The van der Waals surface area contributed by atoms with E-state index in [2.05, 4.69) is 10.3 Å². The number of halogens is 1. The monoisotopic (exact) mass is 265 g/mol. The molecule has 2 N–H and O–H groups in total. The number of pyridine rings is 1. The minimum atomic E-state index is -1.05. The second-order valence-electron chi connectivity index (χ2n) is 4.35. The number of carbonyl (C=O) groups is 1. The number of imidazole rings is 1. The molecule has 1 aliphatic heterocycles. The predicted octanol–water partition coefficient (Wildman–Crippen LogP) is 2.11. The molecule has 18 heavy (non-hydrogen) atoms. The van der Waals surface area contributed by atoms with Gasteiger partial charge in [0.1, 0.15) is 5.82 Å². The summed E-state index contributed by atoms with van der Waals surface area (Å²) in [5, 5.41) is 12.9. The van der Waals surface area contributed by atoms with Gasteiger partial charge in [0, 0.05) is 6.20 Å². The first-order valence-electron chi connectivity index (χ1n) is 5.81. The molecule has 1 unspecified atom stereocenters. The van der Waals surface area contributed by atoms with E-state index in [9.17, 15) is 9.90 Å². The highest BCUT2D eigenvalue weighted by molar-refractivity contribution is 6.34. The van der Waals surface area contributed by atoms with Crippen molar-refractivity contribution in [1.29, 1.82) is 0 Å². The Morgan fingerprint density at radius 2 is 2.44 bits per heavy atom. The van der Waals surface area contributed by atoms with Crippen LogP contribution in [0.2, 0.25) is 5.02 Å². The molecule has 1 aliphatic rings. The summed E-state index contributed by atoms with van der Waals surface area (Å²) in [5.74, 6) is -0.327. The van der Waals surface area contributed by atoms with Crippen LogP contribution in [0.5, 0.6) is 0 Å². The highest BCUT2D eigenvalue weighted by atomic mass is 35.5. The fraction of sp³-hybridized carbons (Fsp3) is 0.333. The molecule has 6 heteroatoms. The molecule has 94 valence electrons.